The van der Waals surface area contributed by atoms with Crippen LogP contribution >= 0.6 is 6.72 Å². The number of nitrogens with one attached hydrogen (secondary N) is 2. The van der Waals surface area contributed by atoms with Crippen LogP contribution in [0.25, 0.3) is 11.2 Å². The fourth-order valence-corrected chi connectivity index (χ4v) is 11.3. The fourth-order valence-electron chi connectivity index (χ4n) is 8.64. The van der Waals surface area contributed by atoms with Gasteiger partial charge < -0.3 is 42.0 Å². The molecule has 6 aromatic rings. The number of ether oxygens (including phenoxy) is 6. The van der Waals surface area contributed by atoms with Crippen molar-refractivity contribution >= 4 is 49.9 Å². The predicted octanol–water partition coefficient (Wildman–Crippen LogP) is 9.17. The minimum absolute atomic E-state index is 0.0169. The summed E-state index contributed by atoms with van der Waals surface area (Å²) in [6.45, 7) is 15.2. The second-order valence-electron chi connectivity index (χ2n) is 20.0. The number of methoxy groups -OCH3 is 2. The number of aryl methyl sites for hydroxylation is 1. The molecule has 0 aliphatic carbocycles. The molecular weight excluding hydrogens is 1060 g/mol. The molecule has 416 valence electrons. The quantitative estimate of drug-likeness (QED) is 0.0144. The maximum Gasteiger partial charge on any atom is 0.413 e. The third kappa shape index (κ3) is 12.9. The van der Waals surface area contributed by atoms with E-state index in [4.69, 9.17) is 63.3 Å². The van der Waals surface area contributed by atoms with Crippen LogP contribution in [0.15, 0.2) is 133 Å². The van der Waals surface area contributed by atoms with Gasteiger partial charge >= 0.3 is 18.5 Å². The van der Waals surface area contributed by atoms with Crippen LogP contribution in [0.4, 0.5) is 10.6 Å². The highest BCUT2D eigenvalue weighted by molar-refractivity contribution is 8.07. The van der Waals surface area contributed by atoms with Gasteiger partial charge in [-0.05, 0) is 77.8 Å². The van der Waals surface area contributed by atoms with Gasteiger partial charge in [-0.25, -0.2) is 29.4 Å². The molecule has 3 aromatic heterocycles. The standard InChI is InChI=1S/C54H66N7O14PSSi/c1-11-26-67-52(64)58-48-47-49(56-33-55-48)61(34-57-47)46-29-42(43(71-46)31-68-54(36-16-14-13-15-17-36,37-18-22-39(65-7)23-19-37)38-20-24-40(66-8)25-21-38)74-76(77,69-27-12-2)70-32-44-41(73-75-78(9,10)53(4,5)6)28-45(72-44)60-30-35(3)50(62)59-51(60)63/h11-25,30,33-34,41-46H,1-2,26-29,31-32H2,3-10H3,(H,59,62,63)(H,55,56,58,64)/t41-,42-,43+,44+,45+,46+,76?/m0/s1. The summed E-state index contributed by atoms with van der Waals surface area (Å²) in [5, 5.41) is 2.42. The van der Waals surface area contributed by atoms with Crippen molar-refractivity contribution in [3.05, 3.63) is 166 Å². The van der Waals surface area contributed by atoms with Gasteiger partial charge in [-0.2, -0.15) is 0 Å². The average molecular weight is 1130 g/mol. The van der Waals surface area contributed by atoms with Crippen molar-refractivity contribution in [3.63, 3.8) is 0 Å². The number of aromatic amines is 1. The molecule has 8 rings (SSSR count). The van der Waals surface area contributed by atoms with Gasteiger partial charge in [0.15, 0.2) is 17.0 Å². The van der Waals surface area contributed by atoms with Crippen LogP contribution in [-0.2, 0) is 59.4 Å². The number of amides is 1. The number of H-pyrrole nitrogens is 1. The van der Waals surface area contributed by atoms with E-state index in [9.17, 15) is 14.4 Å². The van der Waals surface area contributed by atoms with Gasteiger partial charge in [-0.3, -0.25) is 28.8 Å². The lowest BCUT2D eigenvalue weighted by Crippen LogP contribution is -2.43. The zero-order valence-corrected chi connectivity index (χ0v) is 47.5. The third-order valence-corrected chi connectivity index (χ3v) is 20.4. The van der Waals surface area contributed by atoms with Crippen molar-refractivity contribution in [2.45, 2.75) is 101 Å². The Labute approximate surface area is 458 Å². The summed E-state index contributed by atoms with van der Waals surface area (Å²) in [5.74, 6) is 1.42. The summed E-state index contributed by atoms with van der Waals surface area (Å²) in [6, 6.07) is 25.1. The van der Waals surface area contributed by atoms with Gasteiger partial charge in [-0.15, -0.1) is 6.58 Å². The number of hydrogen-bond donors (Lipinski definition) is 2. The number of carbonyl (C=O) groups excluding carboxylic acids is 1. The molecule has 2 aliphatic rings. The molecule has 0 spiro atoms. The SMILES string of the molecule is C=CCOC(=O)Nc1ncnc2c1ncn2[C@H]1C[C@H](OP(=S)(OCC=C)OC[C@H]2O[C@@H](n3cc(C)c(=O)[nH]c3=O)C[C@@H]2OO[Si](C)(C)C(C)(C)C)[C@@H](COC(c2ccccc2)(c2ccc(OC)cc2)c2ccc(OC)cc2)O1. The van der Waals surface area contributed by atoms with E-state index in [1.54, 1.807) is 25.7 Å². The number of fused-ring (bicyclic) bond motifs is 1. The molecule has 1 amide bonds. The minimum Gasteiger partial charge on any atom is -0.497 e. The van der Waals surface area contributed by atoms with E-state index >= 15 is 0 Å². The first-order chi connectivity index (χ1) is 37.3. The Balaban J connectivity index is 1.16. The Hall–Kier alpha value is -6.21. The fraction of sp³-hybridized carbons (Fsp3) is 0.407. The molecular formula is C54H66N7O14PSSi. The molecule has 2 aliphatic heterocycles. The molecule has 2 fully saturated rings. The topological polar surface area (TPSA) is 229 Å². The lowest BCUT2D eigenvalue weighted by Gasteiger charge is -2.37. The second-order valence-corrected chi connectivity index (χ2v) is 27.7. The molecule has 5 heterocycles. The van der Waals surface area contributed by atoms with Gasteiger partial charge in [0.1, 0.15) is 60.8 Å². The molecule has 1 unspecified atom stereocenters. The number of imidazole rings is 1. The highest BCUT2D eigenvalue weighted by atomic mass is 32.5. The zero-order valence-electron chi connectivity index (χ0n) is 44.8. The molecule has 0 saturated carbocycles. The number of hydrogen-bond acceptors (Lipinski definition) is 18. The van der Waals surface area contributed by atoms with Crippen molar-refractivity contribution in [3.8, 4) is 11.5 Å². The largest absolute Gasteiger partial charge is 0.497 e. The van der Waals surface area contributed by atoms with Crippen molar-refractivity contribution in [2.24, 2.45) is 0 Å². The van der Waals surface area contributed by atoms with E-state index in [-0.39, 0.29) is 55.6 Å². The predicted molar refractivity (Wildman–Crippen MR) is 296 cm³/mol. The Kier molecular flexibility index (Phi) is 18.5. The maximum atomic E-state index is 13.2. The highest BCUT2D eigenvalue weighted by Gasteiger charge is 2.48. The highest BCUT2D eigenvalue weighted by Crippen LogP contribution is 2.55. The van der Waals surface area contributed by atoms with Crippen LogP contribution in [-0.4, -0.2) is 109 Å². The van der Waals surface area contributed by atoms with E-state index in [2.05, 4.69) is 59.2 Å². The normalized spacial score (nSPS) is 20.5. The first kappa shape index (κ1) is 57.9. The number of carbonyl (C=O) groups is 1. The summed E-state index contributed by atoms with van der Waals surface area (Å²) in [5.41, 5.74) is 0.858. The van der Waals surface area contributed by atoms with Crippen LogP contribution in [0, 0.1) is 6.92 Å². The minimum atomic E-state index is -3.84. The van der Waals surface area contributed by atoms with Crippen LogP contribution in [0.2, 0.25) is 18.1 Å². The molecule has 2 N–H and O–H groups in total. The molecule has 21 nitrogen and oxygen atoms in total. The number of benzene rings is 3. The molecule has 24 heteroatoms. The lowest BCUT2D eigenvalue weighted by molar-refractivity contribution is -0.268. The molecule has 7 atom stereocenters. The molecule has 3 aromatic carbocycles. The number of anilines is 1. The van der Waals surface area contributed by atoms with Gasteiger partial charge in [-0.1, -0.05) is 94.1 Å². The van der Waals surface area contributed by atoms with Crippen LogP contribution in [0.1, 0.15) is 68.3 Å². The number of nitrogens with zero attached hydrogens (tertiary/aromatic N) is 5. The van der Waals surface area contributed by atoms with E-state index in [1.165, 1.54) is 35.6 Å². The molecule has 78 heavy (non-hydrogen) atoms. The first-order valence-electron chi connectivity index (χ1n) is 25.2. The molecule has 0 radical (unpaired) electrons. The van der Waals surface area contributed by atoms with Crippen molar-refractivity contribution in [1.29, 1.82) is 0 Å². The Bertz CT molecular complexity index is 3160. The lowest BCUT2D eigenvalue weighted by atomic mass is 9.80. The van der Waals surface area contributed by atoms with Crippen LogP contribution < -0.4 is 26.0 Å². The molecule has 0 bridgehead atoms. The summed E-state index contributed by atoms with van der Waals surface area (Å²) in [6.07, 6.45) is 1.65. The van der Waals surface area contributed by atoms with E-state index in [0.29, 0.717) is 22.7 Å². The van der Waals surface area contributed by atoms with Crippen molar-refractivity contribution < 1.29 is 56.3 Å². The van der Waals surface area contributed by atoms with Crippen molar-refractivity contribution in [1.82, 2.24) is 29.1 Å². The van der Waals surface area contributed by atoms with Crippen LogP contribution in [0.5, 0.6) is 11.5 Å². The molecule has 2 saturated heterocycles. The third-order valence-electron chi connectivity index (χ3n) is 13.9. The van der Waals surface area contributed by atoms with Gasteiger partial charge in [0, 0.05) is 24.6 Å². The van der Waals surface area contributed by atoms with Crippen molar-refractivity contribution in [2.75, 3.05) is 46.0 Å². The van der Waals surface area contributed by atoms with E-state index < -0.39 is 74.9 Å². The Morgan fingerprint density at radius 2 is 1.44 bits per heavy atom. The summed E-state index contributed by atoms with van der Waals surface area (Å²) in [4.78, 5) is 60.2. The summed E-state index contributed by atoms with van der Waals surface area (Å²) >= 11 is 6.28. The first-order valence-corrected chi connectivity index (χ1v) is 30.6. The van der Waals surface area contributed by atoms with Gasteiger partial charge in [0.05, 0.1) is 46.5 Å². The van der Waals surface area contributed by atoms with E-state index in [1.807, 2.05) is 92.0 Å². The monoisotopic (exact) mass is 1130 g/mol. The van der Waals surface area contributed by atoms with E-state index in [0.717, 1.165) is 16.7 Å². The second kappa shape index (κ2) is 24.8. The number of aromatic nitrogens is 6. The summed E-state index contributed by atoms with van der Waals surface area (Å²) < 4.78 is 66.3. The zero-order chi connectivity index (χ0) is 55.8. The average Bonchev–Trinajstić information content (AvgIpc) is 4.31. The smallest absolute Gasteiger partial charge is 0.413 e. The maximum absolute atomic E-state index is 13.2. The Morgan fingerprint density at radius 1 is 0.833 bits per heavy atom. The van der Waals surface area contributed by atoms with Crippen LogP contribution in [0.3, 0.4) is 0 Å². The van der Waals surface area contributed by atoms with Gasteiger partial charge in [0.25, 0.3) is 5.56 Å². The summed E-state index contributed by atoms with van der Waals surface area (Å²) in [7, 11) is 0.727. The Morgan fingerprint density at radius 3 is 2.05 bits per heavy atom. The number of rotatable bonds is 24. The van der Waals surface area contributed by atoms with Gasteiger partial charge in [0.2, 0.25) is 8.32 Å².